The van der Waals surface area contributed by atoms with Gasteiger partial charge < -0.3 is 9.84 Å². The van der Waals surface area contributed by atoms with E-state index in [0.717, 1.165) is 51.9 Å². The number of rotatable bonds is 6. The molecule has 0 aliphatic heterocycles. The lowest BCUT2D eigenvalue weighted by Crippen LogP contribution is -2.16. The Morgan fingerprint density at radius 2 is 1.62 bits per heavy atom. The van der Waals surface area contributed by atoms with Gasteiger partial charge in [-0.05, 0) is 54.2 Å². The summed E-state index contributed by atoms with van der Waals surface area (Å²) < 4.78 is 6.26. The van der Waals surface area contributed by atoms with E-state index >= 15 is 0 Å². The highest BCUT2D eigenvalue weighted by atomic mass is 16.5. The lowest BCUT2D eigenvalue weighted by atomic mass is 9.82. The molecule has 4 aromatic rings. The summed E-state index contributed by atoms with van der Waals surface area (Å²) in [5.41, 5.74) is 4.95. The first kappa shape index (κ1) is 20.7. The second-order valence-electron chi connectivity index (χ2n) is 8.75. The highest BCUT2D eigenvalue weighted by Crippen LogP contribution is 2.38. The first-order chi connectivity index (χ1) is 15.8. The van der Waals surface area contributed by atoms with Gasteiger partial charge in [-0.15, -0.1) is 0 Å². The molecule has 32 heavy (non-hydrogen) atoms. The van der Waals surface area contributed by atoms with Crippen molar-refractivity contribution >= 4 is 10.9 Å². The van der Waals surface area contributed by atoms with E-state index in [-0.39, 0.29) is 0 Å². The van der Waals surface area contributed by atoms with Gasteiger partial charge in [-0.1, -0.05) is 79.9 Å². The zero-order chi connectivity index (χ0) is 21.8. The number of nitrogens with zero attached hydrogens (tertiary/aromatic N) is 1. The van der Waals surface area contributed by atoms with E-state index in [0.29, 0.717) is 12.5 Å². The zero-order valence-electron chi connectivity index (χ0n) is 18.3. The van der Waals surface area contributed by atoms with Gasteiger partial charge in [0, 0.05) is 10.9 Å². The second kappa shape index (κ2) is 9.54. The number of benzene rings is 3. The number of pyridine rings is 1. The fraction of sp³-hybridized carbons (Fsp3) is 0.276. The minimum absolute atomic E-state index is 0.348. The highest BCUT2D eigenvalue weighted by molar-refractivity contribution is 5.78. The molecule has 5 rings (SSSR count). The van der Waals surface area contributed by atoms with Crippen molar-refractivity contribution in [2.24, 2.45) is 5.92 Å². The fourth-order valence-corrected chi connectivity index (χ4v) is 4.76. The molecule has 1 aromatic heterocycles. The molecule has 1 N–H and O–H groups in total. The second-order valence-corrected chi connectivity index (χ2v) is 8.75. The van der Waals surface area contributed by atoms with Gasteiger partial charge in [0.25, 0.3) is 0 Å². The van der Waals surface area contributed by atoms with Crippen LogP contribution in [0.1, 0.15) is 49.5 Å². The van der Waals surface area contributed by atoms with Crippen molar-refractivity contribution in [3.63, 3.8) is 0 Å². The molecule has 162 valence electrons. The summed E-state index contributed by atoms with van der Waals surface area (Å²) in [4.78, 5) is 4.73. The first-order valence-electron chi connectivity index (χ1n) is 11.6. The maximum atomic E-state index is 11.1. The quantitative estimate of drug-likeness (QED) is 0.360. The van der Waals surface area contributed by atoms with Crippen molar-refractivity contribution in [1.82, 2.24) is 4.98 Å². The molecule has 0 bridgehead atoms. The van der Waals surface area contributed by atoms with Gasteiger partial charge in [0.1, 0.15) is 12.4 Å². The largest absolute Gasteiger partial charge is 0.487 e. The van der Waals surface area contributed by atoms with Crippen LogP contribution in [0.5, 0.6) is 5.75 Å². The third kappa shape index (κ3) is 4.53. The molecule has 1 aliphatic carbocycles. The molecule has 3 aromatic carbocycles. The third-order valence-corrected chi connectivity index (χ3v) is 6.56. The van der Waals surface area contributed by atoms with Crippen molar-refractivity contribution < 1.29 is 9.84 Å². The van der Waals surface area contributed by atoms with E-state index in [9.17, 15) is 5.11 Å². The van der Waals surface area contributed by atoms with Crippen LogP contribution < -0.4 is 4.74 Å². The Balaban J connectivity index is 1.42. The van der Waals surface area contributed by atoms with Crippen molar-refractivity contribution in [2.75, 3.05) is 0 Å². The van der Waals surface area contributed by atoms with Crippen molar-refractivity contribution in [2.45, 2.75) is 44.8 Å². The molecule has 1 saturated carbocycles. The van der Waals surface area contributed by atoms with Crippen LogP contribution in [-0.2, 0) is 6.61 Å². The van der Waals surface area contributed by atoms with Crippen LogP contribution in [0.3, 0.4) is 0 Å². The van der Waals surface area contributed by atoms with E-state index in [1.165, 1.54) is 19.3 Å². The van der Waals surface area contributed by atoms with Crippen LogP contribution in [0.2, 0.25) is 0 Å². The van der Waals surface area contributed by atoms with Gasteiger partial charge in [0.05, 0.1) is 17.3 Å². The fourth-order valence-electron chi connectivity index (χ4n) is 4.76. The molecule has 1 heterocycles. The topological polar surface area (TPSA) is 42.4 Å². The van der Waals surface area contributed by atoms with Gasteiger partial charge in [-0.2, -0.15) is 0 Å². The van der Waals surface area contributed by atoms with E-state index in [1.54, 1.807) is 0 Å². The number of hydrogen-bond donors (Lipinski definition) is 1. The van der Waals surface area contributed by atoms with Gasteiger partial charge in [0.2, 0.25) is 0 Å². The summed E-state index contributed by atoms with van der Waals surface area (Å²) in [6, 6.07) is 28.6. The van der Waals surface area contributed by atoms with Gasteiger partial charge in [-0.3, -0.25) is 0 Å². The minimum atomic E-state index is -0.422. The number of aliphatic hydroxyl groups excluding tert-OH is 1. The molecule has 0 amide bonds. The minimum Gasteiger partial charge on any atom is -0.487 e. The van der Waals surface area contributed by atoms with Crippen molar-refractivity contribution in [1.29, 1.82) is 0 Å². The summed E-state index contributed by atoms with van der Waals surface area (Å²) >= 11 is 0. The first-order valence-corrected chi connectivity index (χ1v) is 11.6. The Hall–Kier alpha value is -3.17. The SMILES string of the molecule is OC(c1ccc(OCc2ccc3ccccc3n2)c(-c2ccccc2)c1)C1CCCCC1. The van der Waals surface area contributed by atoms with E-state index < -0.39 is 6.10 Å². The zero-order valence-corrected chi connectivity index (χ0v) is 18.3. The normalized spacial score (nSPS) is 15.5. The Morgan fingerprint density at radius 3 is 2.47 bits per heavy atom. The van der Waals surface area contributed by atoms with Crippen LogP contribution >= 0.6 is 0 Å². The molecule has 1 fully saturated rings. The van der Waals surface area contributed by atoms with Crippen LogP contribution in [-0.4, -0.2) is 10.1 Å². The summed E-state index contributed by atoms with van der Waals surface area (Å²) in [6.45, 7) is 0.398. The number of fused-ring (bicyclic) bond motifs is 1. The summed E-state index contributed by atoms with van der Waals surface area (Å²) in [5.74, 6) is 1.16. The Kier molecular flexibility index (Phi) is 6.17. The predicted molar refractivity (Wildman–Crippen MR) is 129 cm³/mol. The van der Waals surface area contributed by atoms with Gasteiger partial charge in [0.15, 0.2) is 0 Å². The third-order valence-electron chi connectivity index (χ3n) is 6.56. The monoisotopic (exact) mass is 423 g/mol. The van der Waals surface area contributed by atoms with Crippen molar-refractivity contribution in [3.8, 4) is 16.9 Å². The Labute approximate surface area is 189 Å². The van der Waals surface area contributed by atoms with Crippen LogP contribution in [0.4, 0.5) is 0 Å². The maximum Gasteiger partial charge on any atom is 0.130 e. The number of para-hydroxylation sites is 1. The number of aromatic nitrogens is 1. The number of hydrogen-bond acceptors (Lipinski definition) is 3. The molecule has 1 unspecified atom stereocenters. The summed E-state index contributed by atoms with van der Waals surface area (Å²) in [7, 11) is 0. The smallest absolute Gasteiger partial charge is 0.130 e. The molecular formula is C29H29NO2. The predicted octanol–water partition coefficient (Wildman–Crippen LogP) is 7.09. The van der Waals surface area contributed by atoms with Gasteiger partial charge >= 0.3 is 0 Å². The standard InChI is InChI=1S/C29H29NO2/c31-29(23-12-5-2-6-13-23)24-16-18-28(26(19-24)21-9-3-1-4-10-21)32-20-25-17-15-22-11-7-8-14-27(22)30-25/h1,3-4,7-11,14-19,23,29,31H,2,5-6,12-13,20H2. The maximum absolute atomic E-state index is 11.1. The molecule has 0 spiro atoms. The van der Waals surface area contributed by atoms with Crippen molar-refractivity contribution in [3.05, 3.63) is 96.2 Å². The van der Waals surface area contributed by atoms with E-state index in [2.05, 4.69) is 30.3 Å². The van der Waals surface area contributed by atoms with Crippen LogP contribution in [0.25, 0.3) is 22.0 Å². The molecule has 3 heteroatoms. The molecule has 3 nitrogen and oxygen atoms in total. The van der Waals surface area contributed by atoms with Crippen LogP contribution in [0, 0.1) is 5.92 Å². The average molecular weight is 424 g/mol. The Bertz CT molecular complexity index is 1180. The summed E-state index contributed by atoms with van der Waals surface area (Å²) in [5, 5.41) is 12.2. The lowest BCUT2D eigenvalue weighted by molar-refractivity contribution is 0.0848. The molecule has 1 aliphatic rings. The Morgan fingerprint density at radius 1 is 0.844 bits per heavy atom. The number of ether oxygens (including phenoxy) is 1. The van der Waals surface area contributed by atoms with E-state index in [4.69, 9.17) is 9.72 Å². The molecule has 0 radical (unpaired) electrons. The summed E-state index contributed by atoms with van der Waals surface area (Å²) in [6.07, 6.45) is 5.50. The molecular weight excluding hydrogens is 394 g/mol. The number of aliphatic hydroxyl groups is 1. The van der Waals surface area contributed by atoms with Crippen LogP contribution in [0.15, 0.2) is 84.9 Å². The van der Waals surface area contributed by atoms with E-state index in [1.807, 2.05) is 54.6 Å². The average Bonchev–Trinajstić information content (AvgIpc) is 2.88. The molecule has 0 saturated heterocycles. The van der Waals surface area contributed by atoms with Gasteiger partial charge in [-0.25, -0.2) is 4.98 Å². The lowest BCUT2D eigenvalue weighted by Gasteiger charge is -2.27. The highest BCUT2D eigenvalue weighted by Gasteiger charge is 2.24. The molecule has 1 atom stereocenters.